The van der Waals surface area contributed by atoms with E-state index in [4.69, 9.17) is 62.7 Å². The Morgan fingerprint density at radius 1 is 0.677 bits per heavy atom. The van der Waals surface area contributed by atoms with Crippen LogP contribution in [0, 0.1) is 0 Å². The summed E-state index contributed by atoms with van der Waals surface area (Å²) in [6.07, 6.45) is 14.0. The molecule has 0 aromatic heterocycles. The normalized spacial score (nSPS) is 16.5. The first-order chi connectivity index (χ1) is 14.8. The first kappa shape index (κ1) is 31.9. The van der Waals surface area contributed by atoms with Crippen LogP contribution >= 0.6 is 58.0 Å². The van der Waals surface area contributed by atoms with Gasteiger partial charge in [-0.15, -0.1) is 58.0 Å². The van der Waals surface area contributed by atoms with Crippen LogP contribution in [0.15, 0.2) is 0 Å². The summed E-state index contributed by atoms with van der Waals surface area (Å²) in [6.45, 7) is 4.79. The zero-order valence-corrected chi connectivity index (χ0v) is 23.2. The Bertz CT molecular complexity index is 425. The predicted octanol–water partition coefficient (Wildman–Crippen LogP) is 9.46. The van der Waals surface area contributed by atoms with Crippen molar-refractivity contribution in [3.8, 4) is 0 Å². The fraction of sp³-hybridized carbons (Fsp3) is 0.958. The van der Waals surface area contributed by atoms with Gasteiger partial charge >= 0.3 is 5.97 Å². The molecule has 2 nitrogen and oxygen atoms in total. The van der Waals surface area contributed by atoms with E-state index in [0.717, 1.165) is 57.8 Å². The maximum absolute atomic E-state index is 11.8. The Morgan fingerprint density at radius 2 is 1.32 bits per heavy atom. The maximum Gasteiger partial charge on any atom is 0.305 e. The third kappa shape index (κ3) is 20.0. The predicted molar refractivity (Wildman–Crippen MR) is 140 cm³/mol. The summed E-state index contributed by atoms with van der Waals surface area (Å²) in [6, 6.07) is 0. The first-order valence-corrected chi connectivity index (χ1v) is 14.3. The third-order valence-corrected chi connectivity index (χ3v) is 8.02. The van der Waals surface area contributed by atoms with Gasteiger partial charge < -0.3 is 4.74 Å². The third-order valence-electron chi connectivity index (χ3n) is 5.52. The van der Waals surface area contributed by atoms with Crippen LogP contribution in [0.25, 0.3) is 0 Å². The minimum atomic E-state index is -0.158. The van der Waals surface area contributed by atoms with E-state index >= 15 is 0 Å². The highest BCUT2D eigenvalue weighted by molar-refractivity contribution is 6.30. The standard InChI is InChI=1S/C24H43Cl5O2/c1-3-5-6-7-8-9-17-31-24(30)16-14-20(26)13-15-23(29)22(28)12-10-11-21(27)18-19(25)4-2/h19-23H,3-18H2,1-2H3. The van der Waals surface area contributed by atoms with Gasteiger partial charge in [-0.25, -0.2) is 0 Å². The van der Waals surface area contributed by atoms with Crippen molar-refractivity contribution in [2.75, 3.05) is 6.61 Å². The lowest BCUT2D eigenvalue weighted by atomic mass is 10.0. The molecule has 0 fully saturated rings. The SMILES string of the molecule is CCCCCCCCOC(=O)CCC(Cl)CCC(Cl)C(Cl)CCCC(Cl)CC(Cl)CC. The molecule has 0 saturated heterocycles. The summed E-state index contributed by atoms with van der Waals surface area (Å²) in [4.78, 5) is 11.8. The lowest BCUT2D eigenvalue weighted by Gasteiger charge is -2.18. The average Bonchev–Trinajstić information content (AvgIpc) is 2.74. The summed E-state index contributed by atoms with van der Waals surface area (Å²) in [5.41, 5.74) is 0. The minimum absolute atomic E-state index is 0.0892. The summed E-state index contributed by atoms with van der Waals surface area (Å²) in [5.74, 6) is -0.158. The van der Waals surface area contributed by atoms with Gasteiger partial charge in [0.25, 0.3) is 0 Å². The number of hydrogen-bond acceptors (Lipinski definition) is 2. The Hall–Kier alpha value is 0.920. The summed E-state index contributed by atoms with van der Waals surface area (Å²) < 4.78 is 5.29. The molecule has 0 bridgehead atoms. The summed E-state index contributed by atoms with van der Waals surface area (Å²) >= 11 is 31.8. The molecule has 186 valence electrons. The fourth-order valence-electron chi connectivity index (χ4n) is 3.36. The maximum atomic E-state index is 11.8. The minimum Gasteiger partial charge on any atom is -0.466 e. The van der Waals surface area contributed by atoms with Gasteiger partial charge in [0, 0.05) is 33.3 Å². The zero-order valence-electron chi connectivity index (χ0n) is 19.4. The van der Waals surface area contributed by atoms with E-state index in [2.05, 4.69) is 13.8 Å². The number of ether oxygens (including phenoxy) is 1. The van der Waals surface area contributed by atoms with Crippen molar-refractivity contribution >= 4 is 64.0 Å². The molecule has 7 heteroatoms. The quantitative estimate of drug-likeness (QED) is 0.0823. The zero-order chi connectivity index (χ0) is 23.5. The molecule has 0 N–H and O–H groups in total. The van der Waals surface area contributed by atoms with Crippen molar-refractivity contribution in [3.05, 3.63) is 0 Å². The van der Waals surface area contributed by atoms with Gasteiger partial charge in [0.15, 0.2) is 0 Å². The van der Waals surface area contributed by atoms with E-state index in [1.165, 1.54) is 25.7 Å². The summed E-state index contributed by atoms with van der Waals surface area (Å²) in [5, 5.41) is -0.0900. The smallest absolute Gasteiger partial charge is 0.305 e. The largest absolute Gasteiger partial charge is 0.466 e. The second-order valence-corrected chi connectivity index (χ2v) is 11.5. The molecule has 0 aromatic rings. The van der Waals surface area contributed by atoms with Crippen LogP contribution < -0.4 is 0 Å². The van der Waals surface area contributed by atoms with Crippen LogP contribution in [0.2, 0.25) is 0 Å². The van der Waals surface area contributed by atoms with E-state index in [9.17, 15) is 4.79 Å². The molecule has 5 unspecified atom stereocenters. The van der Waals surface area contributed by atoms with E-state index in [1.54, 1.807) is 0 Å². The van der Waals surface area contributed by atoms with E-state index in [0.29, 0.717) is 19.4 Å². The van der Waals surface area contributed by atoms with E-state index in [1.807, 2.05) is 0 Å². The number of carbonyl (C=O) groups excluding carboxylic acids is 1. The van der Waals surface area contributed by atoms with Gasteiger partial charge in [0.1, 0.15) is 0 Å². The number of rotatable bonds is 21. The second-order valence-electron chi connectivity index (χ2n) is 8.50. The molecule has 0 spiro atoms. The number of carbonyl (C=O) groups is 1. The van der Waals surface area contributed by atoms with Crippen LogP contribution in [0.3, 0.4) is 0 Å². The monoisotopic (exact) mass is 538 g/mol. The van der Waals surface area contributed by atoms with Gasteiger partial charge in [0.2, 0.25) is 0 Å². The molecule has 0 rings (SSSR count). The highest BCUT2D eigenvalue weighted by Gasteiger charge is 2.19. The molecule has 0 heterocycles. The van der Waals surface area contributed by atoms with Crippen molar-refractivity contribution in [3.63, 3.8) is 0 Å². The van der Waals surface area contributed by atoms with Crippen molar-refractivity contribution in [2.24, 2.45) is 0 Å². The van der Waals surface area contributed by atoms with Crippen molar-refractivity contribution in [1.29, 1.82) is 0 Å². The Balaban J connectivity index is 3.76. The molecular formula is C24H43Cl5O2. The fourth-order valence-corrected chi connectivity index (χ4v) is 4.80. The molecule has 5 atom stereocenters. The second kappa shape index (κ2) is 21.5. The van der Waals surface area contributed by atoms with Crippen molar-refractivity contribution in [1.82, 2.24) is 0 Å². The first-order valence-electron chi connectivity index (χ1n) is 12.2. The van der Waals surface area contributed by atoms with Crippen molar-refractivity contribution in [2.45, 2.75) is 137 Å². The molecule has 0 amide bonds. The highest BCUT2D eigenvalue weighted by atomic mass is 35.5. The summed E-state index contributed by atoms with van der Waals surface area (Å²) in [7, 11) is 0. The van der Waals surface area contributed by atoms with E-state index in [-0.39, 0.29) is 32.9 Å². The number of unbranched alkanes of at least 4 members (excludes halogenated alkanes) is 5. The topological polar surface area (TPSA) is 26.3 Å². The molecule has 0 saturated carbocycles. The molecule has 0 aromatic carbocycles. The molecule has 0 aliphatic rings. The molecule has 31 heavy (non-hydrogen) atoms. The van der Waals surface area contributed by atoms with Crippen LogP contribution in [0.4, 0.5) is 0 Å². The Labute approximate surface area is 216 Å². The van der Waals surface area contributed by atoms with Gasteiger partial charge in [-0.05, 0) is 51.4 Å². The number of alkyl halides is 5. The Morgan fingerprint density at radius 3 is 2.00 bits per heavy atom. The van der Waals surface area contributed by atoms with Gasteiger partial charge in [-0.1, -0.05) is 52.4 Å². The average molecular weight is 541 g/mol. The van der Waals surface area contributed by atoms with Crippen LogP contribution in [0.5, 0.6) is 0 Å². The number of hydrogen-bond donors (Lipinski definition) is 0. The van der Waals surface area contributed by atoms with Gasteiger partial charge in [0.05, 0.1) is 6.61 Å². The molecule has 0 radical (unpaired) electrons. The number of esters is 1. The molecular weight excluding hydrogens is 498 g/mol. The molecule has 0 aliphatic heterocycles. The lowest BCUT2D eigenvalue weighted by Crippen LogP contribution is -2.18. The van der Waals surface area contributed by atoms with Gasteiger partial charge in [-0.2, -0.15) is 0 Å². The Kier molecular flexibility index (Phi) is 22.1. The van der Waals surface area contributed by atoms with Crippen LogP contribution in [-0.4, -0.2) is 39.5 Å². The van der Waals surface area contributed by atoms with Crippen molar-refractivity contribution < 1.29 is 9.53 Å². The lowest BCUT2D eigenvalue weighted by molar-refractivity contribution is -0.143. The number of halogens is 5. The van der Waals surface area contributed by atoms with Crippen LogP contribution in [0.1, 0.15) is 110 Å². The molecule has 0 aliphatic carbocycles. The van der Waals surface area contributed by atoms with Gasteiger partial charge in [-0.3, -0.25) is 4.79 Å². The highest BCUT2D eigenvalue weighted by Crippen LogP contribution is 2.26. The van der Waals surface area contributed by atoms with E-state index < -0.39 is 0 Å². The van der Waals surface area contributed by atoms with Crippen LogP contribution in [-0.2, 0) is 9.53 Å².